The largest absolute Gasteiger partial charge is 0.457 e. The molecule has 0 amide bonds. The van der Waals surface area contributed by atoms with Gasteiger partial charge in [0.25, 0.3) is 0 Å². The molecular weight excluding hydrogens is 301 g/mol. The van der Waals surface area contributed by atoms with Gasteiger partial charge in [-0.15, -0.1) is 0 Å². The Morgan fingerprint density at radius 2 is 1.40 bits per heavy atom. The Bertz CT molecular complexity index is 413. The van der Waals surface area contributed by atoms with Crippen molar-refractivity contribution in [2.24, 2.45) is 0 Å². The first-order chi connectivity index (χ1) is 7.38. The molecule has 0 saturated heterocycles. The van der Waals surface area contributed by atoms with E-state index in [0.29, 0.717) is 0 Å². The second kappa shape index (κ2) is 5.02. The standard InChI is InChI=1S/C12H10INO/c13-14-10-6-8-12(9-7-10)15-11-4-2-1-3-5-11/h1-9,14H. The fraction of sp³-hybridized carbons (Fsp3) is 0. The minimum Gasteiger partial charge on any atom is -0.457 e. The van der Waals surface area contributed by atoms with Crippen molar-refractivity contribution in [1.82, 2.24) is 0 Å². The van der Waals surface area contributed by atoms with Crippen molar-refractivity contribution in [2.75, 3.05) is 3.53 Å². The Morgan fingerprint density at radius 1 is 0.800 bits per heavy atom. The molecule has 0 fully saturated rings. The Kier molecular flexibility index (Phi) is 3.45. The molecule has 0 saturated carbocycles. The van der Waals surface area contributed by atoms with Crippen molar-refractivity contribution < 1.29 is 4.74 Å². The highest BCUT2D eigenvalue weighted by atomic mass is 127. The maximum atomic E-state index is 5.65. The maximum absolute atomic E-state index is 5.65. The van der Waals surface area contributed by atoms with Crippen LogP contribution < -0.4 is 8.27 Å². The molecule has 2 aromatic carbocycles. The van der Waals surface area contributed by atoms with Crippen LogP contribution in [0.2, 0.25) is 0 Å². The first kappa shape index (κ1) is 10.3. The summed E-state index contributed by atoms with van der Waals surface area (Å²) in [6.45, 7) is 0. The molecule has 76 valence electrons. The van der Waals surface area contributed by atoms with Gasteiger partial charge in [0.1, 0.15) is 11.5 Å². The van der Waals surface area contributed by atoms with E-state index in [1.165, 1.54) is 0 Å². The summed E-state index contributed by atoms with van der Waals surface area (Å²) in [4.78, 5) is 0. The second-order valence-corrected chi connectivity index (χ2v) is 3.57. The van der Waals surface area contributed by atoms with Crippen LogP contribution in [0.1, 0.15) is 0 Å². The number of para-hydroxylation sites is 1. The Hall–Kier alpha value is -1.23. The Balaban J connectivity index is 2.11. The summed E-state index contributed by atoms with van der Waals surface area (Å²) in [6, 6.07) is 17.6. The van der Waals surface area contributed by atoms with Crippen molar-refractivity contribution >= 4 is 28.6 Å². The van der Waals surface area contributed by atoms with Crippen LogP contribution in [0.3, 0.4) is 0 Å². The molecule has 15 heavy (non-hydrogen) atoms. The quantitative estimate of drug-likeness (QED) is 0.676. The molecule has 3 heteroatoms. The van der Waals surface area contributed by atoms with Gasteiger partial charge in [0.15, 0.2) is 0 Å². The van der Waals surface area contributed by atoms with Crippen molar-refractivity contribution in [2.45, 2.75) is 0 Å². The normalized spacial score (nSPS) is 9.67. The molecule has 0 aliphatic heterocycles. The third-order valence-electron chi connectivity index (χ3n) is 1.94. The Labute approximate surface area is 103 Å². The highest BCUT2D eigenvalue weighted by Crippen LogP contribution is 2.22. The number of ether oxygens (including phenoxy) is 1. The van der Waals surface area contributed by atoms with E-state index >= 15 is 0 Å². The number of hydrogen-bond donors (Lipinski definition) is 1. The molecule has 0 radical (unpaired) electrons. The summed E-state index contributed by atoms with van der Waals surface area (Å²) in [5.74, 6) is 1.70. The van der Waals surface area contributed by atoms with Gasteiger partial charge in [-0.25, -0.2) is 0 Å². The molecule has 0 unspecified atom stereocenters. The van der Waals surface area contributed by atoms with Gasteiger partial charge in [-0.1, -0.05) is 18.2 Å². The molecule has 1 N–H and O–H groups in total. The fourth-order valence-electron chi connectivity index (χ4n) is 1.21. The molecule has 0 aliphatic rings. The third-order valence-corrected chi connectivity index (χ3v) is 2.57. The van der Waals surface area contributed by atoms with Crippen LogP contribution in [-0.4, -0.2) is 0 Å². The molecule has 0 aliphatic carbocycles. The van der Waals surface area contributed by atoms with Crippen LogP contribution in [-0.2, 0) is 0 Å². The molecule has 0 heterocycles. The summed E-state index contributed by atoms with van der Waals surface area (Å²) in [5.41, 5.74) is 1.07. The van der Waals surface area contributed by atoms with Crippen LogP contribution in [0.5, 0.6) is 11.5 Å². The van der Waals surface area contributed by atoms with Crippen molar-refractivity contribution in [1.29, 1.82) is 0 Å². The SMILES string of the molecule is INc1ccc(Oc2ccccc2)cc1. The summed E-state index contributed by atoms with van der Waals surface area (Å²) in [7, 11) is 0. The summed E-state index contributed by atoms with van der Waals surface area (Å²) < 4.78 is 8.68. The van der Waals surface area contributed by atoms with E-state index in [0.717, 1.165) is 17.2 Å². The number of halogens is 1. The lowest BCUT2D eigenvalue weighted by Gasteiger charge is -2.05. The molecule has 0 atom stereocenters. The number of hydrogen-bond acceptors (Lipinski definition) is 2. The van der Waals surface area contributed by atoms with E-state index in [1.54, 1.807) is 0 Å². The molecule has 0 aromatic heterocycles. The smallest absolute Gasteiger partial charge is 0.127 e. The summed E-state index contributed by atoms with van der Waals surface area (Å²) >= 11 is 2.10. The monoisotopic (exact) mass is 311 g/mol. The molecule has 2 nitrogen and oxygen atoms in total. The van der Waals surface area contributed by atoms with Gasteiger partial charge < -0.3 is 8.27 Å². The summed E-state index contributed by atoms with van der Waals surface area (Å²) in [6.07, 6.45) is 0. The van der Waals surface area contributed by atoms with Crippen LogP contribution in [0.25, 0.3) is 0 Å². The molecule has 0 spiro atoms. The zero-order chi connectivity index (χ0) is 10.5. The zero-order valence-electron chi connectivity index (χ0n) is 7.98. The van der Waals surface area contributed by atoms with Crippen LogP contribution in [0.15, 0.2) is 54.6 Å². The van der Waals surface area contributed by atoms with Crippen LogP contribution in [0, 0.1) is 0 Å². The van der Waals surface area contributed by atoms with E-state index in [1.807, 2.05) is 54.6 Å². The van der Waals surface area contributed by atoms with Gasteiger partial charge in [0, 0.05) is 5.69 Å². The van der Waals surface area contributed by atoms with Crippen molar-refractivity contribution in [3.8, 4) is 11.5 Å². The number of rotatable bonds is 3. The maximum Gasteiger partial charge on any atom is 0.127 e. The second-order valence-electron chi connectivity index (χ2n) is 3.03. The fourth-order valence-corrected chi connectivity index (χ4v) is 1.57. The predicted octanol–water partition coefficient (Wildman–Crippen LogP) is 4.24. The van der Waals surface area contributed by atoms with Gasteiger partial charge in [0.05, 0.1) is 22.9 Å². The van der Waals surface area contributed by atoms with E-state index < -0.39 is 0 Å². The zero-order valence-corrected chi connectivity index (χ0v) is 10.1. The lowest BCUT2D eigenvalue weighted by molar-refractivity contribution is 0.483. The number of anilines is 1. The number of nitrogens with one attached hydrogen (secondary N) is 1. The topological polar surface area (TPSA) is 21.3 Å². The first-order valence-electron chi connectivity index (χ1n) is 4.58. The van der Waals surface area contributed by atoms with Gasteiger partial charge >= 0.3 is 0 Å². The van der Waals surface area contributed by atoms with E-state index in [2.05, 4.69) is 26.4 Å². The lowest BCUT2D eigenvalue weighted by atomic mass is 10.3. The lowest BCUT2D eigenvalue weighted by Crippen LogP contribution is -1.84. The van der Waals surface area contributed by atoms with Crippen molar-refractivity contribution in [3.05, 3.63) is 54.6 Å². The Morgan fingerprint density at radius 3 is 2.00 bits per heavy atom. The van der Waals surface area contributed by atoms with Gasteiger partial charge in [-0.3, -0.25) is 0 Å². The molecule has 0 bridgehead atoms. The van der Waals surface area contributed by atoms with Crippen LogP contribution in [0.4, 0.5) is 5.69 Å². The van der Waals surface area contributed by atoms with Crippen molar-refractivity contribution in [3.63, 3.8) is 0 Å². The molecular formula is C12H10INO. The molecule has 2 rings (SSSR count). The number of benzene rings is 2. The summed E-state index contributed by atoms with van der Waals surface area (Å²) in [5, 5.41) is 0. The predicted molar refractivity (Wildman–Crippen MR) is 70.6 cm³/mol. The van der Waals surface area contributed by atoms with Gasteiger partial charge in [-0.05, 0) is 36.4 Å². The van der Waals surface area contributed by atoms with E-state index in [4.69, 9.17) is 4.74 Å². The van der Waals surface area contributed by atoms with Crippen LogP contribution >= 0.6 is 22.9 Å². The molecule has 2 aromatic rings. The van der Waals surface area contributed by atoms with Gasteiger partial charge in [0.2, 0.25) is 0 Å². The minimum absolute atomic E-state index is 0.844. The van der Waals surface area contributed by atoms with E-state index in [9.17, 15) is 0 Å². The van der Waals surface area contributed by atoms with Gasteiger partial charge in [-0.2, -0.15) is 0 Å². The van der Waals surface area contributed by atoms with E-state index in [-0.39, 0.29) is 0 Å². The highest BCUT2D eigenvalue weighted by Gasteiger charge is 1.95. The average Bonchev–Trinajstić information content (AvgIpc) is 2.31. The average molecular weight is 311 g/mol. The highest BCUT2D eigenvalue weighted by molar-refractivity contribution is 14.1. The third kappa shape index (κ3) is 2.86. The minimum atomic E-state index is 0.844. The first-order valence-corrected chi connectivity index (χ1v) is 5.66.